The molecule has 0 spiro atoms. The fourth-order valence-electron chi connectivity index (χ4n) is 6.25. The monoisotopic (exact) mass is 386 g/mol. The van der Waals surface area contributed by atoms with E-state index in [2.05, 4.69) is 38.2 Å². The summed E-state index contributed by atoms with van der Waals surface area (Å²) in [4.78, 5) is 0. The van der Waals surface area contributed by atoms with E-state index in [0.29, 0.717) is 5.41 Å². The van der Waals surface area contributed by atoms with Crippen LogP contribution in [0, 0.1) is 23.2 Å². The fourth-order valence-corrected chi connectivity index (χ4v) is 6.25. The summed E-state index contributed by atoms with van der Waals surface area (Å²) in [5, 5.41) is 10.0. The van der Waals surface area contributed by atoms with Crippen LogP contribution in [0.15, 0.2) is 35.5 Å². The van der Waals surface area contributed by atoms with Crippen LogP contribution in [0.3, 0.4) is 0 Å². The molecule has 0 aromatic rings. The highest BCUT2D eigenvalue weighted by atomic mass is 16.5. The molecule has 2 nitrogen and oxygen atoms in total. The van der Waals surface area contributed by atoms with Gasteiger partial charge in [-0.25, -0.2) is 0 Å². The molecule has 1 aliphatic heterocycles. The standard InChI is InChI=1S/C26H42O2/c1-20(8-5-16-25(2,3)27)23-13-14-24-22(10-6-17-26(23,24)4)12-11-21-9-7-18-28-19-15-21/h7,9,11-12,20,23-24,27H,5-6,8,10,13-19H2,1-4H3/b21-11+,22-12+/t20-,23-,24+,26-/m1/s1. The minimum atomic E-state index is -0.520. The molecule has 0 radical (unpaired) electrons. The summed E-state index contributed by atoms with van der Waals surface area (Å²) in [6.07, 6.45) is 20.3. The lowest BCUT2D eigenvalue weighted by Gasteiger charge is -2.44. The molecular formula is C26H42O2. The van der Waals surface area contributed by atoms with Gasteiger partial charge in [0, 0.05) is 0 Å². The van der Waals surface area contributed by atoms with Crippen LogP contribution in [0.4, 0.5) is 0 Å². The van der Waals surface area contributed by atoms with Gasteiger partial charge >= 0.3 is 0 Å². The molecule has 0 amide bonds. The number of hydrogen-bond acceptors (Lipinski definition) is 2. The number of aliphatic hydroxyl groups is 1. The van der Waals surface area contributed by atoms with E-state index in [-0.39, 0.29) is 0 Å². The number of ether oxygens (including phenoxy) is 1. The molecule has 4 atom stereocenters. The quantitative estimate of drug-likeness (QED) is 0.556. The van der Waals surface area contributed by atoms with Crippen molar-refractivity contribution in [1.29, 1.82) is 0 Å². The van der Waals surface area contributed by atoms with Crippen molar-refractivity contribution in [1.82, 2.24) is 0 Å². The van der Waals surface area contributed by atoms with Gasteiger partial charge in [0.25, 0.3) is 0 Å². The first-order chi connectivity index (χ1) is 13.3. The SMILES string of the molecule is C[C@H](CCCC(C)(C)O)[C@H]1CC[C@H]2/C(=C/C=C3\C=CCOCC3)CCC[C@]12C. The van der Waals surface area contributed by atoms with Crippen LogP contribution in [-0.4, -0.2) is 23.9 Å². The molecular weight excluding hydrogens is 344 g/mol. The van der Waals surface area contributed by atoms with Crippen LogP contribution in [-0.2, 0) is 4.74 Å². The van der Waals surface area contributed by atoms with E-state index in [1.165, 1.54) is 44.1 Å². The van der Waals surface area contributed by atoms with Crippen LogP contribution >= 0.6 is 0 Å². The molecule has 2 fully saturated rings. The largest absolute Gasteiger partial charge is 0.390 e. The summed E-state index contributed by atoms with van der Waals surface area (Å²) < 4.78 is 5.53. The Morgan fingerprint density at radius 2 is 2.11 bits per heavy atom. The summed E-state index contributed by atoms with van der Waals surface area (Å²) in [5.41, 5.74) is 3.06. The summed E-state index contributed by atoms with van der Waals surface area (Å²) in [6.45, 7) is 10.5. The molecule has 158 valence electrons. The van der Waals surface area contributed by atoms with Gasteiger partial charge < -0.3 is 9.84 Å². The second-order valence-electron chi connectivity index (χ2n) is 10.5. The lowest BCUT2D eigenvalue weighted by molar-refractivity contribution is 0.0597. The third-order valence-electron chi connectivity index (χ3n) is 7.77. The maximum absolute atomic E-state index is 10.0. The maximum Gasteiger partial charge on any atom is 0.0650 e. The lowest BCUT2D eigenvalue weighted by Crippen LogP contribution is -2.36. The summed E-state index contributed by atoms with van der Waals surface area (Å²) in [6, 6.07) is 0. The van der Waals surface area contributed by atoms with Crippen LogP contribution in [0.25, 0.3) is 0 Å². The summed E-state index contributed by atoms with van der Waals surface area (Å²) >= 11 is 0. The van der Waals surface area contributed by atoms with Gasteiger partial charge in [0.05, 0.1) is 18.8 Å². The zero-order valence-corrected chi connectivity index (χ0v) is 18.7. The first kappa shape index (κ1) is 21.8. The van der Waals surface area contributed by atoms with Gasteiger partial charge in [-0.1, -0.05) is 56.6 Å². The van der Waals surface area contributed by atoms with E-state index in [1.807, 2.05) is 13.8 Å². The summed E-state index contributed by atoms with van der Waals surface area (Å²) in [5.74, 6) is 2.37. The van der Waals surface area contributed by atoms with Crippen molar-refractivity contribution in [2.45, 2.75) is 91.1 Å². The van der Waals surface area contributed by atoms with Crippen molar-refractivity contribution in [3.05, 3.63) is 35.5 Å². The van der Waals surface area contributed by atoms with Gasteiger partial charge in [-0.05, 0) is 87.5 Å². The molecule has 2 heteroatoms. The van der Waals surface area contributed by atoms with Crippen LogP contribution < -0.4 is 0 Å². The average molecular weight is 387 g/mol. The van der Waals surface area contributed by atoms with Crippen molar-refractivity contribution in [2.24, 2.45) is 23.2 Å². The van der Waals surface area contributed by atoms with Gasteiger partial charge in [-0.15, -0.1) is 0 Å². The maximum atomic E-state index is 10.0. The minimum absolute atomic E-state index is 0.471. The van der Waals surface area contributed by atoms with Crippen molar-refractivity contribution in [3.8, 4) is 0 Å². The number of hydrogen-bond donors (Lipinski definition) is 1. The molecule has 2 aliphatic carbocycles. The molecule has 1 N–H and O–H groups in total. The van der Waals surface area contributed by atoms with E-state index >= 15 is 0 Å². The van der Waals surface area contributed by atoms with Crippen LogP contribution in [0.1, 0.15) is 85.5 Å². The Labute approximate surface area is 173 Å². The Hall–Kier alpha value is -0.860. The Morgan fingerprint density at radius 3 is 2.89 bits per heavy atom. The van der Waals surface area contributed by atoms with Gasteiger partial charge in [-0.2, -0.15) is 0 Å². The highest BCUT2D eigenvalue weighted by Crippen LogP contribution is 2.59. The molecule has 3 rings (SSSR count). The third kappa shape index (κ3) is 5.39. The Balaban J connectivity index is 1.66. The van der Waals surface area contributed by atoms with Crippen molar-refractivity contribution >= 4 is 0 Å². The molecule has 2 saturated carbocycles. The second kappa shape index (κ2) is 9.30. The van der Waals surface area contributed by atoms with E-state index in [4.69, 9.17) is 4.74 Å². The predicted octanol–water partition coefficient (Wildman–Crippen LogP) is 6.61. The van der Waals surface area contributed by atoms with Crippen LogP contribution in [0.2, 0.25) is 0 Å². The fraction of sp³-hybridized carbons (Fsp3) is 0.769. The van der Waals surface area contributed by atoms with Crippen molar-refractivity contribution in [3.63, 3.8) is 0 Å². The molecule has 0 aromatic carbocycles. The third-order valence-corrected chi connectivity index (χ3v) is 7.77. The van der Waals surface area contributed by atoms with E-state index < -0.39 is 5.60 Å². The number of allylic oxidation sites excluding steroid dienone is 4. The smallest absolute Gasteiger partial charge is 0.0650 e. The van der Waals surface area contributed by atoms with E-state index in [9.17, 15) is 5.11 Å². The van der Waals surface area contributed by atoms with Gasteiger partial charge in [-0.3, -0.25) is 0 Å². The molecule has 0 bridgehead atoms. The highest BCUT2D eigenvalue weighted by molar-refractivity contribution is 5.29. The molecule has 3 aliphatic rings. The number of rotatable bonds is 6. The highest BCUT2D eigenvalue weighted by Gasteiger charge is 2.50. The lowest BCUT2D eigenvalue weighted by atomic mass is 9.60. The molecule has 0 aromatic heterocycles. The Bertz CT molecular complexity index is 606. The van der Waals surface area contributed by atoms with Crippen molar-refractivity contribution < 1.29 is 9.84 Å². The normalized spacial score (nSPS) is 35.2. The van der Waals surface area contributed by atoms with Crippen molar-refractivity contribution in [2.75, 3.05) is 13.2 Å². The number of fused-ring (bicyclic) bond motifs is 1. The molecule has 28 heavy (non-hydrogen) atoms. The van der Waals surface area contributed by atoms with Gasteiger partial charge in [0.2, 0.25) is 0 Å². The van der Waals surface area contributed by atoms with E-state index in [0.717, 1.165) is 50.2 Å². The molecule has 0 unspecified atom stereocenters. The first-order valence-corrected chi connectivity index (χ1v) is 11.7. The average Bonchev–Trinajstić information content (AvgIpc) is 2.79. The zero-order chi connectivity index (χ0) is 20.2. The van der Waals surface area contributed by atoms with E-state index in [1.54, 1.807) is 5.57 Å². The zero-order valence-electron chi connectivity index (χ0n) is 18.7. The minimum Gasteiger partial charge on any atom is -0.390 e. The molecule has 1 heterocycles. The van der Waals surface area contributed by atoms with Gasteiger partial charge in [0.15, 0.2) is 0 Å². The Morgan fingerprint density at radius 1 is 1.29 bits per heavy atom. The second-order valence-corrected chi connectivity index (χ2v) is 10.5. The Kier molecular flexibility index (Phi) is 7.26. The topological polar surface area (TPSA) is 29.5 Å². The summed E-state index contributed by atoms with van der Waals surface area (Å²) in [7, 11) is 0. The van der Waals surface area contributed by atoms with Crippen LogP contribution in [0.5, 0.6) is 0 Å². The molecule has 0 saturated heterocycles. The van der Waals surface area contributed by atoms with Gasteiger partial charge in [0.1, 0.15) is 0 Å². The predicted molar refractivity (Wildman–Crippen MR) is 118 cm³/mol. The first-order valence-electron chi connectivity index (χ1n) is 11.7.